The molecule has 0 atom stereocenters. The molecular formula is C10H8N6O2. The van der Waals surface area contributed by atoms with Crippen molar-refractivity contribution < 1.29 is 9.26 Å². The lowest BCUT2D eigenvalue weighted by atomic mass is 10.1. The summed E-state index contributed by atoms with van der Waals surface area (Å²) in [6.07, 6.45) is 0. The molecule has 0 bridgehead atoms. The first kappa shape index (κ1) is 10.3. The number of nitrogens with zero attached hydrogens (tertiary/aromatic N) is 4. The Kier molecular flexibility index (Phi) is 2.19. The number of rotatable bonds is 2. The van der Waals surface area contributed by atoms with E-state index in [1.54, 1.807) is 6.07 Å². The average molecular weight is 244 g/mol. The summed E-state index contributed by atoms with van der Waals surface area (Å²) in [6.45, 7) is 0. The molecule has 2 heterocycles. The lowest BCUT2D eigenvalue weighted by Crippen LogP contribution is -1.91. The van der Waals surface area contributed by atoms with Crippen LogP contribution in [-0.2, 0) is 0 Å². The molecule has 90 valence electrons. The van der Waals surface area contributed by atoms with Gasteiger partial charge in [-0.25, -0.2) is 9.26 Å². The molecule has 0 unspecified atom stereocenters. The third kappa shape index (κ3) is 1.56. The molecule has 2 aromatic heterocycles. The first-order valence-electron chi connectivity index (χ1n) is 5.02. The fourth-order valence-electron chi connectivity index (χ4n) is 1.61. The molecule has 18 heavy (non-hydrogen) atoms. The number of hydrogen-bond acceptors (Lipinski definition) is 8. The Morgan fingerprint density at radius 1 is 0.778 bits per heavy atom. The molecule has 8 heteroatoms. The number of benzene rings is 1. The van der Waals surface area contributed by atoms with Crippen LogP contribution in [0.5, 0.6) is 0 Å². The zero-order chi connectivity index (χ0) is 12.5. The van der Waals surface area contributed by atoms with Gasteiger partial charge in [-0.1, -0.05) is 18.2 Å². The van der Waals surface area contributed by atoms with Crippen molar-refractivity contribution in [2.24, 2.45) is 0 Å². The van der Waals surface area contributed by atoms with E-state index < -0.39 is 0 Å². The second-order valence-electron chi connectivity index (χ2n) is 3.58. The molecule has 4 N–H and O–H groups in total. The van der Waals surface area contributed by atoms with Gasteiger partial charge in [-0.3, -0.25) is 0 Å². The van der Waals surface area contributed by atoms with Crippen molar-refractivity contribution in [2.45, 2.75) is 0 Å². The molecule has 0 amide bonds. The van der Waals surface area contributed by atoms with Crippen molar-refractivity contribution >= 4 is 11.6 Å². The molecule has 0 radical (unpaired) electrons. The maximum Gasteiger partial charge on any atom is 0.196 e. The average Bonchev–Trinajstić information content (AvgIpc) is 2.98. The van der Waals surface area contributed by atoms with Crippen LogP contribution < -0.4 is 11.5 Å². The largest absolute Gasteiger partial charge is 0.379 e. The summed E-state index contributed by atoms with van der Waals surface area (Å²) in [4.78, 5) is 0. The molecule has 0 saturated carbocycles. The van der Waals surface area contributed by atoms with E-state index in [1.807, 2.05) is 18.2 Å². The van der Waals surface area contributed by atoms with E-state index in [2.05, 4.69) is 29.9 Å². The van der Waals surface area contributed by atoms with Crippen LogP contribution in [0.4, 0.5) is 11.6 Å². The fraction of sp³-hybridized carbons (Fsp3) is 0. The molecule has 3 rings (SSSR count). The fourth-order valence-corrected chi connectivity index (χ4v) is 1.61. The Morgan fingerprint density at radius 3 is 1.67 bits per heavy atom. The minimum atomic E-state index is 0.221. The lowest BCUT2D eigenvalue weighted by molar-refractivity contribution is 0.310. The van der Waals surface area contributed by atoms with Crippen LogP contribution >= 0.6 is 0 Å². The highest BCUT2D eigenvalue weighted by molar-refractivity contribution is 5.77. The van der Waals surface area contributed by atoms with E-state index in [0.29, 0.717) is 11.4 Å². The van der Waals surface area contributed by atoms with Crippen LogP contribution in [0.3, 0.4) is 0 Å². The monoisotopic (exact) mass is 244 g/mol. The number of nitrogens with two attached hydrogens (primary N) is 2. The van der Waals surface area contributed by atoms with Gasteiger partial charge < -0.3 is 11.5 Å². The summed E-state index contributed by atoms with van der Waals surface area (Å²) in [5, 5.41) is 14.5. The van der Waals surface area contributed by atoms with Crippen LogP contribution in [0.25, 0.3) is 22.5 Å². The quantitative estimate of drug-likeness (QED) is 0.681. The van der Waals surface area contributed by atoms with Crippen LogP contribution in [0.1, 0.15) is 0 Å². The molecule has 1 aromatic carbocycles. The van der Waals surface area contributed by atoms with Gasteiger partial charge in [0.25, 0.3) is 0 Å². The van der Waals surface area contributed by atoms with Crippen molar-refractivity contribution in [1.29, 1.82) is 0 Å². The first-order valence-corrected chi connectivity index (χ1v) is 5.02. The van der Waals surface area contributed by atoms with Crippen LogP contribution in [0.15, 0.2) is 33.5 Å². The molecular weight excluding hydrogens is 236 g/mol. The number of nitrogen functional groups attached to an aromatic ring is 2. The van der Waals surface area contributed by atoms with Crippen molar-refractivity contribution in [3.8, 4) is 22.5 Å². The summed E-state index contributed by atoms with van der Waals surface area (Å²) < 4.78 is 9.12. The zero-order valence-electron chi connectivity index (χ0n) is 9.07. The molecule has 0 aliphatic rings. The molecule has 0 aliphatic heterocycles. The normalized spacial score (nSPS) is 10.7. The Morgan fingerprint density at radius 2 is 1.28 bits per heavy atom. The highest BCUT2D eigenvalue weighted by Gasteiger charge is 2.13. The summed E-state index contributed by atoms with van der Waals surface area (Å²) in [6, 6.07) is 7.25. The molecule has 8 nitrogen and oxygen atoms in total. The maximum atomic E-state index is 5.63. The molecule has 3 aromatic rings. The van der Waals surface area contributed by atoms with Crippen molar-refractivity contribution in [3.05, 3.63) is 24.3 Å². The standard InChI is InChI=1S/C10H8N6O2/c11-9-7(13-17-15-9)5-2-1-3-6(4-5)8-10(12)16-18-14-8/h1-4H,(H2,11,15)(H2,12,16). The second-order valence-corrected chi connectivity index (χ2v) is 3.58. The van der Waals surface area contributed by atoms with Crippen molar-refractivity contribution in [2.75, 3.05) is 11.5 Å². The lowest BCUT2D eigenvalue weighted by Gasteiger charge is -2.00. The number of hydrogen-bond donors (Lipinski definition) is 2. The van der Waals surface area contributed by atoms with Gasteiger partial charge in [-0.15, -0.1) is 0 Å². The zero-order valence-corrected chi connectivity index (χ0v) is 9.07. The number of aromatic nitrogens is 4. The van der Waals surface area contributed by atoms with E-state index in [1.165, 1.54) is 0 Å². The van der Waals surface area contributed by atoms with E-state index in [0.717, 1.165) is 11.1 Å². The SMILES string of the molecule is Nc1nonc1-c1cccc(-c2nonc2N)c1. The molecule has 0 saturated heterocycles. The highest BCUT2D eigenvalue weighted by Crippen LogP contribution is 2.28. The summed E-state index contributed by atoms with van der Waals surface area (Å²) in [5.74, 6) is 0.441. The van der Waals surface area contributed by atoms with Gasteiger partial charge >= 0.3 is 0 Å². The van der Waals surface area contributed by atoms with Gasteiger partial charge in [-0.2, -0.15) is 0 Å². The Hall–Kier alpha value is -2.90. The van der Waals surface area contributed by atoms with Crippen LogP contribution in [0.2, 0.25) is 0 Å². The summed E-state index contributed by atoms with van der Waals surface area (Å²) in [7, 11) is 0. The topological polar surface area (TPSA) is 130 Å². The van der Waals surface area contributed by atoms with Gasteiger partial charge in [0.1, 0.15) is 0 Å². The minimum absolute atomic E-state index is 0.221. The van der Waals surface area contributed by atoms with E-state index in [-0.39, 0.29) is 11.6 Å². The van der Waals surface area contributed by atoms with Gasteiger partial charge in [0.05, 0.1) is 0 Å². The first-order chi connectivity index (χ1) is 8.75. The van der Waals surface area contributed by atoms with E-state index >= 15 is 0 Å². The van der Waals surface area contributed by atoms with E-state index in [9.17, 15) is 0 Å². The smallest absolute Gasteiger partial charge is 0.196 e. The minimum Gasteiger partial charge on any atom is -0.379 e. The third-order valence-corrected chi connectivity index (χ3v) is 2.44. The Labute approximate surface area is 100 Å². The molecule has 0 spiro atoms. The van der Waals surface area contributed by atoms with Gasteiger partial charge in [0.15, 0.2) is 23.0 Å². The van der Waals surface area contributed by atoms with Crippen LogP contribution in [-0.4, -0.2) is 20.6 Å². The van der Waals surface area contributed by atoms with E-state index in [4.69, 9.17) is 11.5 Å². The predicted molar refractivity (Wildman–Crippen MR) is 61.9 cm³/mol. The summed E-state index contributed by atoms with van der Waals surface area (Å²) >= 11 is 0. The Balaban J connectivity index is 2.11. The summed E-state index contributed by atoms with van der Waals surface area (Å²) in [5.41, 5.74) is 13.7. The predicted octanol–water partition coefficient (Wildman–Crippen LogP) is 0.951. The van der Waals surface area contributed by atoms with Crippen molar-refractivity contribution in [1.82, 2.24) is 20.6 Å². The molecule has 0 aliphatic carbocycles. The Bertz CT molecular complexity index is 634. The van der Waals surface area contributed by atoms with Crippen molar-refractivity contribution in [3.63, 3.8) is 0 Å². The molecule has 0 fully saturated rings. The highest BCUT2D eigenvalue weighted by atomic mass is 16.6. The van der Waals surface area contributed by atoms with Gasteiger partial charge in [0.2, 0.25) is 0 Å². The van der Waals surface area contributed by atoms with Gasteiger partial charge in [-0.05, 0) is 26.7 Å². The number of anilines is 2. The second kappa shape index (κ2) is 3.84. The maximum absolute atomic E-state index is 5.63. The van der Waals surface area contributed by atoms with Crippen LogP contribution in [0, 0.1) is 0 Å². The van der Waals surface area contributed by atoms with Gasteiger partial charge in [0, 0.05) is 11.1 Å². The third-order valence-electron chi connectivity index (χ3n) is 2.44.